The van der Waals surface area contributed by atoms with E-state index in [0.717, 1.165) is 49.9 Å². The molecule has 9 heteroatoms. The molecule has 1 aromatic carbocycles. The van der Waals surface area contributed by atoms with Crippen LogP contribution in [0, 0.1) is 0 Å². The molecule has 1 aromatic heterocycles. The number of hydrogen-bond acceptors (Lipinski definition) is 6. The molecule has 1 saturated heterocycles. The number of halogens is 1. The van der Waals surface area contributed by atoms with Gasteiger partial charge >= 0.3 is 0 Å². The zero-order valence-electron chi connectivity index (χ0n) is 19.1. The first-order valence-electron chi connectivity index (χ1n) is 10.7. The number of benzene rings is 1. The Morgan fingerprint density at radius 3 is 2.77 bits per heavy atom. The first-order chi connectivity index (χ1) is 14.4. The number of hydrogen-bond donors (Lipinski definition) is 2. The summed E-state index contributed by atoms with van der Waals surface area (Å²) in [6.45, 7) is 11.3. The van der Waals surface area contributed by atoms with E-state index >= 15 is 0 Å². The van der Waals surface area contributed by atoms with E-state index in [9.17, 15) is 0 Å². The third-order valence-electron chi connectivity index (χ3n) is 5.02. The van der Waals surface area contributed by atoms with Crippen molar-refractivity contribution in [3.63, 3.8) is 0 Å². The van der Waals surface area contributed by atoms with Crippen LogP contribution in [0.4, 0.5) is 5.69 Å². The van der Waals surface area contributed by atoms with Gasteiger partial charge in [-0.15, -0.1) is 24.0 Å². The van der Waals surface area contributed by atoms with Crippen molar-refractivity contribution in [1.82, 2.24) is 20.8 Å². The lowest BCUT2D eigenvalue weighted by atomic mass is 9.97. The molecule has 1 aliphatic heterocycles. The zero-order valence-corrected chi connectivity index (χ0v) is 21.5. The Hall–Kier alpha value is -2.04. The molecule has 1 fully saturated rings. The predicted octanol–water partition coefficient (Wildman–Crippen LogP) is 3.72. The number of guanidine groups is 1. The van der Waals surface area contributed by atoms with Crippen LogP contribution in [0.5, 0.6) is 5.75 Å². The van der Waals surface area contributed by atoms with Crippen molar-refractivity contribution >= 4 is 35.6 Å². The Balaban J connectivity index is 0.00000341. The molecule has 31 heavy (non-hydrogen) atoms. The highest BCUT2D eigenvalue weighted by Crippen LogP contribution is 2.29. The summed E-state index contributed by atoms with van der Waals surface area (Å²) in [7, 11) is 1.72. The number of rotatable bonds is 6. The summed E-state index contributed by atoms with van der Waals surface area (Å²) in [5.41, 5.74) is 0.969. The van der Waals surface area contributed by atoms with Gasteiger partial charge in [0, 0.05) is 31.1 Å². The van der Waals surface area contributed by atoms with Gasteiger partial charge in [0.1, 0.15) is 12.3 Å². The second kappa shape index (κ2) is 11.5. The summed E-state index contributed by atoms with van der Waals surface area (Å²) >= 11 is 0. The normalized spacial score (nSPS) is 17.1. The lowest BCUT2D eigenvalue weighted by Gasteiger charge is -2.36. The Morgan fingerprint density at radius 1 is 1.32 bits per heavy atom. The Kier molecular flexibility index (Phi) is 9.39. The fourth-order valence-corrected chi connectivity index (χ4v) is 3.49. The van der Waals surface area contributed by atoms with E-state index in [2.05, 4.69) is 70.5 Å². The highest BCUT2D eigenvalue weighted by molar-refractivity contribution is 14.0. The van der Waals surface area contributed by atoms with Gasteiger partial charge in [-0.3, -0.25) is 0 Å². The highest BCUT2D eigenvalue weighted by atomic mass is 127. The maximum atomic E-state index is 5.55. The molecule has 1 aliphatic rings. The van der Waals surface area contributed by atoms with Crippen molar-refractivity contribution in [2.45, 2.75) is 58.5 Å². The molecule has 0 saturated carbocycles. The molecule has 0 spiro atoms. The molecule has 8 nitrogen and oxygen atoms in total. The SMILES string of the molecule is CCNC(=NCc1noc(C(C)(C)C)n1)NC1CCCN(c2ccccc2OC)C1.I. The van der Waals surface area contributed by atoms with E-state index < -0.39 is 0 Å². The highest BCUT2D eigenvalue weighted by Gasteiger charge is 2.24. The topological polar surface area (TPSA) is 87.8 Å². The minimum atomic E-state index is -0.165. The molecule has 1 unspecified atom stereocenters. The Morgan fingerprint density at radius 2 is 2.10 bits per heavy atom. The number of nitrogens with one attached hydrogen (secondary N) is 2. The second-order valence-corrected chi connectivity index (χ2v) is 8.56. The van der Waals surface area contributed by atoms with E-state index in [1.54, 1.807) is 7.11 Å². The molecule has 0 bridgehead atoms. The zero-order chi connectivity index (χ0) is 21.6. The number of methoxy groups -OCH3 is 1. The fourth-order valence-electron chi connectivity index (χ4n) is 3.49. The van der Waals surface area contributed by atoms with Gasteiger partial charge in [0.05, 0.1) is 12.8 Å². The van der Waals surface area contributed by atoms with Crippen molar-refractivity contribution in [2.75, 3.05) is 31.6 Å². The molecule has 3 rings (SSSR count). The molecular formula is C22H35IN6O2. The first kappa shape index (κ1) is 25.2. The first-order valence-corrected chi connectivity index (χ1v) is 10.7. The van der Waals surface area contributed by atoms with Crippen LogP contribution in [0.1, 0.15) is 52.3 Å². The van der Waals surface area contributed by atoms with Crippen molar-refractivity contribution in [2.24, 2.45) is 4.99 Å². The van der Waals surface area contributed by atoms with Crippen LogP contribution >= 0.6 is 24.0 Å². The van der Waals surface area contributed by atoms with Crippen LogP contribution in [-0.2, 0) is 12.0 Å². The molecular weight excluding hydrogens is 507 g/mol. The number of anilines is 1. The van der Waals surface area contributed by atoms with E-state index in [4.69, 9.17) is 9.26 Å². The largest absolute Gasteiger partial charge is 0.495 e. The van der Waals surface area contributed by atoms with E-state index in [1.807, 2.05) is 12.1 Å². The number of para-hydroxylation sites is 2. The average Bonchev–Trinajstić information content (AvgIpc) is 3.22. The number of piperidine rings is 1. The molecule has 1 atom stereocenters. The fraction of sp³-hybridized carbons (Fsp3) is 0.591. The van der Waals surface area contributed by atoms with Crippen molar-refractivity contribution in [1.29, 1.82) is 0 Å². The minimum Gasteiger partial charge on any atom is -0.495 e. The Labute approximate surface area is 202 Å². The molecule has 2 N–H and O–H groups in total. The van der Waals surface area contributed by atoms with Gasteiger partial charge in [-0.25, -0.2) is 4.99 Å². The van der Waals surface area contributed by atoms with Crippen LogP contribution in [0.15, 0.2) is 33.8 Å². The monoisotopic (exact) mass is 542 g/mol. The average molecular weight is 542 g/mol. The number of aromatic nitrogens is 2. The quantitative estimate of drug-likeness (QED) is 0.327. The van der Waals surface area contributed by atoms with Gasteiger partial charge in [-0.2, -0.15) is 4.98 Å². The Bertz CT molecular complexity index is 849. The number of ether oxygens (including phenoxy) is 1. The smallest absolute Gasteiger partial charge is 0.232 e. The summed E-state index contributed by atoms with van der Waals surface area (Å²) in [5, 5.41) is 11.0. The van der Waals surface area contributed by atoms with Crippen LogP contribution in [0.2, 0.25) is 0 Å². The van der Waals surface area contributed by atoms with E-state index in [0.29, 0.717) is 18.3 Å². The standard InChI is InChI=1S/C22H34N6O2.HI/c1-6-23-21(24-14-19-26-20(30-27-19)22(2,3)4)25-16-10-9-13-28(15-16)17-11-7-8-12-18(17)29-5;/h7-8,11-12,16H,6,9-10,13-15H2,1-5H3,(H2,23,24,25);1H. The van der Waals surface area contributed by atoms with Crippen LogP contribution in [0.25, 0.3) is 0 Å². The van der Waals surface area contributed by atoms with E-state index in [1.165, 1.54) is 0 Å². The van der Waals surface area contributed by atoms with Crippen molar-refractivity contribution < 1.29 is 9.26 Å². The number of aliphatic imine (C=N–C) groups is 1. The van der Waals surface area contributed by atoms with E-state index in [-0.39, 0.29) is 35.4 Å². The van der Waals surface area contributed by atoms with Gasteiger partial charge in [0.2, 0.25) is 5.89 Å². The van der Waals surface area contributed by atoms with Gasteiger partial charge in [-0.1, -0.05) is 38.1 Å². The van der Waals surface area contributed by atoms with Crippen LogP contribution in [-0.4, -0.2) is 48.9 Å². The molecule has 0 amide bonds. The summed E-state index contributed by atoms with van der Waals surface area (Å²) < 4.78 is 10.9. The summed E-state index contributed by atoms with van der Waals surface area (Å²) in [5.74, 6) is 2.90. The molecule has 0 radical (unpaired) electrons. The van der Waals surface area contributed by atoms with Crippen LogP contribution in [0.3, 0.4) is 0 Å². The van der Waals surface area contributed by atoms with Gasteiger partial charge in [-0.05, 0) is 31.9 Å². The van der Waals surface area contributed by atoms with Crippen molar-refractivity contribution in [3.05, 3.63) is 36.0 Å². The van der Waals surface area contributed by atoms with Crippen molar-refractivity contribution in [3.8, 4) is 5.75 Å². The minimum absolute atomic E-state index is 0. The lowest BCUT2D eigenvalue weighted by Crippen LogP contribution is -2.51. The third-order valence-corrected chi connectivity index (χ3v) is 5.02. The summed E-state index contributed by atoms with van der Waals surface area (Å²) in [6, 6.07) is 8.47. The predicted molar refractivity (Wildman–Crippen MR) is 135 cm³/mol. The summed E-state index contributed by atoms with van der Waals surface area (Å²) in [6.07, 6.45) is 2.20. The molecule has 2 heterocycles. The van der Waals surface area contributed by atoms with Gasteiger partial charge < -0.3 is 24.8 Å². The third kappa shape index (κ3) is 6.98. The molecule has 172 valence electrons. The van der Waals surface area contributed by atoms with Gasteiger partial charge in [0.15, 0.2) is 11.8 Å². The summed E-state index contributed by atoms with van der Waals surface area (Å²) in [4.78, 5) is 11.5. The van der Waals surface area contributed by atoms with Gasteiger partial charge in [0.25, 0.3) is 0 Å². The second-order valence-electron chi connectivity index (χ2n) is 8.56. The lowest BCUT2D eigenvalue weighted by molar-refractivity contribution is 0.318. The maximum absolute atomic E-state index is 5.55. The molecule has 2 aromatic rings. The van der Waals surface area contributed by atoms with Crippen LogP contribution < -0.4 is 20.3 Å². The number of nitrogens with zero attached hydrogens (tertiary/aromatic N) is 4. The maximum Gasteiger partial charge on any atom is 0.232 e. The molecule has 0 aliphatic carbocycles.